The molecule has 0 fully saturated rings. The number of benzene rings is 2. The molecule has 0 saturated heterocycles. The van der Waals surface area contributed by atoms with Gasteiger partial charge in [0.15, 0.2) is 0 Å². The zero-order valence-electron chi connectivity index (χ0n) is 11.5. The Hall–Kier alpha value is -1.65. The summed E-state index contributed by atoms with van der Waals surface area (Å²) >= 11 is 3.34. The summed E-state index contributed by atoms with van der Waals surface area (Å²) in [7, 11) is 0. The van der Waals surface area contributed by atoms with Crippen molar-refractivity contribution in [2.75, 3.05) is 6.54 Å². The minimum Gasteiger partial charge on any atom is -0.343 e. The van der Waals surface area contributed by atoms with Crippen molar-refractivity contribution in [3.05, 3.63) is 70.1 Å². The third-order valence-electron chi connectivity index (χ3n) is 3.56. The van der Waals surface area contributed by atoms with Crippen LogP contribution in [0.5, 0.6) is 0 Å². The smallest absolute Gasteiger partial charge is 0.124 e. The summed E-state index contributed by atoms with van der Waals surface area (Å²) in [6, 6.07) is 13.2. The van der Waals surface area contributed by atoms with Crippen molar-refractivity contribution in [1.82, 2.24) is 4.57 Å². The molecule has 0 atom stereocenters. The second-order valence-corrected chi connectivity index (χ2v) is 6.03. The van der Waals surface area contributed by atoms with Crippen LogP contribution < -0.4 is 5.73 Å². The zero-order valence-corrected chi connectivity index (χ0v) is 13.1. The number of halogens is 2. The molecular weight excluding hydrogens is 331 g/mol. The Morgan fingerprint density at radius 1 is 1.14 bits per heavy atom. The van der Waals surface area contributed by atoms with Crippen LogP contribution in [0.1, 0.15) is 11.1 Å². The average molecular weight is 347 g/mol. The Morgan fingerprint density at radius 2 is 1.95 bits per heavy atom. The van der Waals surface area contributed by atoms with E-state index in [4.69, 9.17) is 5.73 Å². The first-order valence-electron chi connectivity index (χ1n) is 6.89. The molecule has 0 radical (unpaired) electrons. The Morgan fingerprint density at radius 3 is 2.71 bits per heavy atom. The lowest BCUT2D eigenvalue weighted by Crippen LogP contribution is -2.02. The van der Waals surface area contributed by atoms with Gasteiger partial charge in [0.25, 0.3) is 0 Å². The van der Waals surface area contributed by atoms with E-state index in [1.54, 1.807) is 6.07 Å². The van der Waals surface area contributed by atoms with Crippen LogP contribution in [-0.4, -0.2) is 11.1 Å². The van der Waals surface area contributed by atoms with E-state index in [2.05, 4.69) is 38.8 Å². The van der Waals surface area contributed by atoms with Crippen molar-refractivity contribution < 1.29 is 4.39 Å². The summed E-state index contributed by atoms with van der Waals surface area (Å²) < 4.78 is 16.4. The van der Waals surface area contributed by atoms with Gasteiger partial charge in [0.05, 0.1) is 0 Å². The Balaban J connectivity index is 2.04. The van der Waals surface area contributed by atoms with E-state index in [0.717, 1.165) is 22.0 Å². The monoisotopic (exact) mass is 346 g/mol. The van der Waals surface area contributed by atoms with Gasteiger partial charge < -0.3 is 10.3 Å². The van der Waals surface area contributed by atoms with Crippen LogP contribution in [-0.2, 0) is 13.0 Å². The van der Waals surface area contributed by atoms with Crippen LogP contribution in [0.2, 0.25) is 0 Å². The maximum Gasteiger partial charge on any atom is 0.124 e. The van der Waals surface area contributed by atoms with Crippen LogP contribution in [0.4, 0.5) is 4.39 Å². The normalized spacial score (nSPS) is 11.2. The SMILES string of the molecule is NCCc1cn(Cc2cc(F)cc(Br)c2)c2ccccc12. The van der Waals surface area contributed by atoms with E-state index < -0.39 is 0 Å². The molecule has 3 rings (SSSR count). The second-order valence-electron chi connectivity index (χ2n) is 5.12. The third-order valence-corrected chi connectivity index (χ3v) is 4.02. The van der Waals surface area contributed by atoms with Gasteiger partial charge in [-0.15, -0.1) is 0 Å². The largest absolute Gasteiger partial charge is 0.343 e. The highest BCUT2D eigenvalue weighted by Crippen LogP contribution is 2.23. The number of nitrogens with zero attached hydrogens (tertiary/aromatic N) is 1. The van der Waals surface area contributed by atoms with E-state index in [1.165, 1.54) is 17.0 Å². The summed E-state index contributed by atoms with van der Waals surface area (Å²) in [5.74, 6) is -0.224. The quantitative estimate of drug-likeness (QED) is 0.757. The van der Waals surface area contributed by atoms with E-state index in [9.17, 15) is 4.39 Å². The number of nitrogens with two attached hydrogens (primary N) is 1. The molecule has 0 aliphatic carbocycles. The highest BCUT2D eigenvalue weighted by molar-refractivity contribution is 9.10. The molecule has 3 aromatic rings. The molecule has 0 saturated carbocycles. The molecule has 0 aliphatic rings. The minimum absolute atomic E-state index is 0.224. The van der Waals surface area contributed by atoms with Crippen LogP contribution in [0.15, 0.2) is 53.1 Å². The van der Waals surface area contributed by atoms with Gasteiger partial charge >= 0.3 is 0 Å². The Kier molecular flexibility index (Phi) is 4.08. The lowest BCUT2D eigenvalue weighted by molar-refractivity contribution is 0.623. The van der Waals surface area contributed by atoms with Crippen LogP contribution in [0.3, 0.4) is 0 Å². The van der Waals surface area contributed by atoms with Gasteiger partial charge in [0, 0.05) is 28.1 Å². The van der Waals surface area contributed by atoms with Crippen molar-refractivity contribution in [2.45, 2.75) is 13.0 Å². The predicted octanol–water partition coefficient (Wildman–Crippen LogP) is 4.09. The van der Waals surface area contributed by atoms with Gasteiger partial charge in [0.1, 0.15) is 5.82 Å². The number of fused-ring (bicyclic) bond motifs is 1. The van der Waals surface area contributed by atoms with Crippen molar-refractivity contribution in [2.24, 2.45) is 5.73 Å². The number of para-hydroxylation sites is 1. The Bertz CT molecular complexity index is 759. The molecule has 0 aliphatic heterocycles. The van der Waals surface area contributed by atoms with Crippen molar-refractivity contribution >= 4 is 26.8 Å². The third kappa shape index (κ3) is 3.01. The molecular formula is C17H16BrFN2. The molecule has 0 unspecified atom stereocenters. The summed E-state index contributed by atoms with van der Waals surface area (Å²) in [4.78, 5) is 0. The number of hydrogen-bond acceptors (Lipinski definition) is 1. The minimum atomic E-state index is -0.224. The molecule has 108 valence electrons. The first-order chi connectivity index (χ1) is 10.2. The fourth-order valence-electron chi connectivity index (χ4n) is 2.71. The lowest BCUT2D eigenvalue weighted by Gasteiger charge is -2.06. The van der Waals surface area contributed by atoms with Crippen LogP contribution in [0, 0.1) is 5.82 Å². The van der Waals surface area contributed by atoms with Gasteiger partial charge in [-0.3, -0.25) is 0 Å². The predicted molar refractivity (Wildman–Crippen MR) is 87.9 cm³/mol. The highest BCUT2D eigenvalue weighted by Gasteiger charge is 2.08. The summed E-state index contributed by atoms with van der Waals surface area (Å²) in [5, 5.41) is 1.22. The summed E-state index contributed by atoms with van der Waals surface area (Å²) in [6.07, 6.45) is 2.97. The van der Waals surface area contributed by atoms with Crippen molar-refractivity contribution in [3.8, 4) is 0 Å². The standard InChI is InChI=1S/C17H16BrFN2/c18-14-7-12(8-15(19)9-14)10-21-11-13(5-6-20)16-3-1-2-4-17(16)21/h1-4,7-9,11H,5-6,10,20H2. The van der Waals surface area contributed by atoms with Crippen molar-refractivity contribution in [3.63, 3.8) is 0 Å². The zero-order chi connectivity index (χ0) is 14.8. The molecule has 0 amide bonds. The van der Waals surface area contributed by atoms with Gasteiger partial charge in [-0.1, -0.05) is 34.1 Å². The summed E-state index contributed by atoms with van der Waals surface area (Å²) in [6.45, 7) is 1.26. The first-order valence-corrected chi connectivity index (χ1v) is 7.68. The van der Waals surface area contributed by atoms with E-state index in [1.807, 2.05) is 18.2 Å². The Labute approximate surface area is 131 Å². The fraction of sp³-hybridized carbons (Fsp3) is 0.176. The molecule has 21 heavy (non-hydrogen) atoms. The summed E-state index contributed by atoms with van der Waals surface area (Å²) in [5.41, 5.74) is 9.01. The van der Waals surface area contributed by atoms with Gasteiger partial charge in [-0.2, -0.15) is 0 Å². The maximum atomic E-state index is 13.5. The molecule has 4 heteroatoms. The number of aromatic nitrogens is 1. The second kappa shape index (κ2) is 6.00. The maximum absolute atomic E-state index is 13.5. The molecule has 2 nitrogen and oxygen atoms in total. The van der Waals surface area contributed by atoms with Crippen LogP contribution >= 0.6 is 15.9 Å². The van der Waals surface area contributed by atoms with Gasteiger partial charge in [-0.05, 0) is 48.4 Å². The molecule has 2 N–H and O–H groups in total. The highest BCUT2D eigenvalue weighted by atomic mass is 79.9. The fourth-order valence-corrected chi connectivity index (χ4v) is 3.22. The van der Waals surface area contributed by atoms with E-state index in [0.29, 0.717) is 13.1 Å². The van der Waals surface area contributed by atoms with Crippen LogP contribution in [0.25, 0.3) is 10.9 Å². The van der Waals surface area contributed by atoms with Crippen molar-refractivity contribution in [1.29, 1.82) is 0 Å². The lowest BCUT2D eigenvalue weighted by atomic mass is 10.1. The topological polar surface area (TPSA) is 30.9 Å². The average Bonchev–Trinajstić information content (AvgIpc) is 2.77. The van der Waals surface area contributed by atoms with Gasteiger partial charge in [0.2, 0.25) is 0 Å². The van der Waals surface area contributed by atoms with E-state index in [-0.39, 0.29) is 5.82 Å². The molecule has 0 spiro atoms. The number of rotatable bonds is 4. The number of hydrogen-bond donors (Lipinski definition) is 1. The molecule has 1 heterocycles. The molecule has 2 aromatic carbocycles. The molecule has 1 aromatic heterocycles. The van der Waals surface area contributed by atoms with E-state index >= 15 is 0 Å². The first kappa shape index (κ1) is 14.3. The molecule has 0 bridgehead atoms. The van der Waals surface area contributed by atoms with Gasteiger partial charge in [-0.25, -0.2) is 4.39 Å².